The zero-order valence-corrected chi connectivity index (χ0v) is 12.7. The number of hydrogen-bond acceptors (Lipinski definition) is 4. The van der Waals surface area contributed by atoms with Crippen LogP contribution in [0.2, 0.25) is 0 Å². The summed E-state index contributed by atoms with van der Waals surface area (Å²) in [6.45, 7) is 11.0. The van der Waals surface area contributed by atoms with Crippen LogP contribution in [0.3, 0.4) is 0 Å². The Kier molecular flexibility index (Phi) is 6.79. The van der Waals surface area contributed by atoms with Gasteiger partial charge >= 0.3 is 6.09 Å². The second-order valence-electron chi connectivity index (χ2n) is 6.14. The summed E-state index contributed by atoms with van der Waals surface area (Å²) >= 11 is 0. The highest BCUT2D eigenvalue weighted by Gasteiger charge is 2.32. The Labute approximate surface area is 115 Å². The van der Waals surface area contributed by atoms with Gasteiger partial charge in [0.15, 0.2) is 0 Å². The number of carbonyl (C=O) groups excluding carboxylic acids is 1. The van der Waals surface area contributed by atoms with Crippen LogP contribution in [-0.2, 0) is 4.74 Å². The van der Waals surface area contributed by atoms with E-state index in [0.717, 1.165) is 0 Å². The molecule has 6 nitrogen and oxygen atoms in total. The molecular weight excluding hydrogens is 248 g/mol. The molecule has 0 bridgehead atoms. The molecule has 0 aromatic rings. The fourth-order valence-corrected chi connectivity index (χ4v) is 1.86. The second kappa shape index (κ2) is 7.31. The van der Waals surface area contributed by atoms with Crippen LogP contribution in [0.5, 0.6) is 0 Å². The minimum Gasteiger partial charge on any atom is -0.444 e. The van der Waals surface area contributed by atoms with Crippen LogP contribution in [0.1, 0.15) is 54.4 Å². The van der Waals surface area contributed by atoms with Crippen molar-refractivity contribution in [3.05, 3.63) is 10.1 Å². The van der Waals surface area contributed by atoms with E-state index in [1.807, 2.05) is 13.8 Å². The molecule has 0 spiro atoms. The molecule has 0 aliphatic rings. The Balaban J connectivity index is 4.76. The van der Waals surface area contributed by atoms with Crippen molar-refractivity contribution in [2.24, 2.45) is 5.92 Å². The fraction of sp³-hybridized carbons (Fsp3) is 0.923. The van der Waals surface area contributed by atoms with E-state index in [0.29, 0.717) is 12.8 Å². The highest BCUT2D eigenvalue weighted by Crippen LogP contribution is 2.14. The molecular formula is C13H26N2O4. The maximum absolute atomic E-state index is 11.7. The monoisotopic (exact) mass is 274 g/mol. The lowest BCUT2D eigenvalue weighted by Crippen LogP contribution is -2.48. The van der Waals surface area contributed by atoms with E-state index in [1.165, 1.54) is 0 Å². The van der Waals surface area contributed by atoms with Crippen molar-refractivity contribution in [3.63, 3.8) is 0 Å². The van der Waals surface area contributed by atoms with Gasteiger partial charge in [-0.3, -0.25) is 10.1 Å². The van der Waals surface area contributed by atoms with Crippen molar-refractivity contribution < 1.29 is 14.5 Å². The van der Waals surface area contributed by atoms with Crippen molar-refractivity contribution in [3.8, 4) is 0 Å². The van der Waals surface area contributed by atoms with Crippen LogP contribution in [0.25, 0.3) is 0 Å². The van der Waals surface area contributed by atoms with Gasteiger partial charge in [0.2, 0.25) is 6.04 Å². The van der Waals surface area contributed by atoms with E-state index in [4.69, 9.17) is 4.74 Å². The first-order chi connectivity index (χ1) is 8.56. The normalized spacial score (nSPS) is 14.9. The highest BCUT2D eigenvalue weighted by atomic mass is 16.6. The molecule has 1 N–H and O–H groups in total. The predicted octanol–water partition coefficient (Wildman–Crippen LogP) is 2.98. The van der Waals surface area contributed by atoms with Gasteiger partial charge in [0.1, 0.15) is 5.60 Å². The molecule has 6 heteroatoms. The van der Waals surface area contributed by atoms with Gasteiger partial charge in [0.05, 0.1) is 6.04 Å². The lowest BCUT2D eigenvalue weighted by Gasteiger charge is -2.25. The van der Waals surface area contributed by atoms with Gasteiger partial charge in [-0.15, -0.1) is 0 Å². The summed E-state index contributed by atoms with van der Waals surface area (Å²) in [4.78, 5) is 22.4. The summed E-state index contributed by atoms with van der Waals surface area (Å²) < 4.78 is 5.15. The lowest BCUT2D eigenvalue weighted by atomic mass is 9.96. The zero-order chi connectivity index (χ0) is 15.2. The maximum atomic E-state index is 11.7. The van der Waals surface area contributed by atoms with Gasteiger partial charge in [-0.2, -0.15) is 0 Å². The third kappa shape index (κ3) is 7.64. The van der Waals surface area contributed by atoms with Gasteiger partial charge in [-0.25, -0.2) is 4.79 Å². The smallest absolute Gasteiger partial charge is 0.408 e. The summed E-state index contributed by atoms with van der Waals surface area (Å²) in [6, 6.07) is -1.29. The fourth-order valence-electron chi connectivity index (χ4n) is 1.86. The summed E-state index contributed by atoms with van der Waals surface area (Å²) in [5, 5.41) is 13.7. The molecule has 0 aromatic heterocycles. The Bertz CT molecular complexity index is 310. The number of amides is 1. The average Bonchev–Trinajstić information content (AvgIpc) is 2.12. The second-order valence-corrected chi connectivity index (χ2v) is 6.14. The molecule has 0 aliphatic carbocycles. The highest BCUT2D eigenvalue weighted by molar-refractivity contribution is 5.68. The maximum Gasteiger partial charge on any atom is 0.408 e. The molecule has 0 aromatic carbocycles. The zero-order valence-electron chi connectivity index (χ0n) is 12.7. The van der Waals surface area contributed by atoms with Crippen LogP contribution in [0.15, 0.2) is 0 Å². The van der Waals surface area contributed by atoms with E-state index in [2.05, 4.69) is 5.32 Å². The van der Waals surface area contributed by atoms with Gasteiger partial charge < -0.3 is 10.1 Å². The first-order valence-electron chi connectivity index (χ1n) is 6.69. The Morgan fingerprint density at radius 2 is 1.89 bits per heavy atom. The van der Waals surface area contributed by atoms with Crippen LogP contribution in [0.4, 0.5) is 4.79 Å². The van der Waals surface area contributed by atoms with Crippen molar-refractivity contribution >= 4 is 6.09 Å². The quantitative estimate of drug-likeness (QED) is 0.596. The molecule has 0 unspecified atom stereocenters. The van der Waals surface area contributed by atoms with E-state index in [9.17, 15) is 14.9 Å². The molecule has 0 rings (SSSR count). The van der Waals surface area contributed by atoms with Gasteiger partial charge in [0.25, 0.3) is 0 Å². The third-order valence-electron chi connectivity index (χ3n) is 2.58. The Hall–Kier alpha value is -1.33. The van der Waals surface area contributed by atoms with Crippen LogP contribution in [0, 0.1) is 16.0 Å². The summed E-state index contributed by atoms with van der Waals surface area (Å²) in [5.41, 5.74) is -0.608. The van der Waals surface area contributed by atoms with E-state index in [1.54, 1.807) is 27.7 Å². The molecule has 0 radical (unpaired) electrons. The predicted molar refractivity (Wildman–Crippen MR) is 73.7 cm³/mol. The molecule has 0 saturated heterocycles. The number of rotatable bonds is 6. The average molecular weight is 274 g/mol. The SMILES string of the molecule is CC[C@@H]([C@@H](CC(C)C)NC(=O)OC(C)(C)C)[N+](=O)[O-]. The molecule has 2 atom stereocenters. The number of ether oxygens (including phenoxy) is 1. The van der Waals surface area contributed by atoms with Gasteiger partial charge in [-0.05, 0) is 33.1 Å². The van der Waals surface area contributed by atoms with Crippen LogP contribution >= 0.6 is 0 Å². The number of hydrogen-bond donors (Lipinski definition) is 1. The number of alkyl carbamates (subject to hydrolysis) is 1. The number of nitrogens with one attached hydrogen (secondary N) is 1. The standard InChI is InChI=1S/C13H26N2O4/c1-7-11(15(17)18)10(8-9(2)3)14-12(16)19-13(4,5)6/h9-11H,7-8H2,1-6H3,(H,14,16)/t10-,11+/m1/s1. The molecule has 0 aliphatic heterocycles. The molecule has 0 heterocycles. The minimum atomic E-state index is -0.782. The van der Waals surface area contributed by atoms with Crippen molar-refractivity contribution in [1.82, 2.24) is 5.32 Å². The Morgan fingerprint density at radius 1 is 1.37 bits per heavy atom. The number of nitrogens with zero attached hydrogens (tertiary/aromatic N) is 1. The molecule has 112 valence electrons. The molecule has 1 amide bonds. The minimum absolute atomic E-state index is 0.258. The summed E-state index contributed by atoms with van der Waals surface area (Å²) in [6.07, 6.45) is 0.331. The van der Waals surface area contributed by atoms with Crippen molar-refractivity contribution in [2.75, 3.05) is 0 Å². The van der Waals surface area contributed by atoms with E-state index in [-0.39, 0.29) is 10.8 Å². The largest absolute Gasteiger partial charge is 0.444 e. The van der Waals surface area contributed by atoms with Crippen LogP contribution in [-0.4, -0.2) is 28.7 Å². The summed E-state index contributed by atoms with van der Waals surface area (Å²) in [7, 11) is 0. The van der Waals surface area contributed by atoms with E-state index >= 15 is 0 Å². The third-order valence-corrected chi connectivity index (χ3v) is 2.58. The van der Waals surface area contributed by atoms with Crippen LogP contribution < -0.4 is 5.32 Å². The Morgan fingerprint density at radius 3 is 2.21 bits per heavy atom. The molecule has 0 saturated carbocycles. The molecule has 19 heavy (non-hydrogen) atoms. The topological polar surface area (TPSA) is 81.5 Å². The first-order valence-corrected chi connectivity index (χ1v) is 6.69. The lowest BCUT2D eigenvalue weighted by molar-refractivity contribution is -0.527. The van der Waals surface area contributed by atoms with E-state index < -0.39 is 23.8 Å². The van der Waals surface area contributed by atoms with Crippen molar-refractivity contribution in [2.45, 2.75) is 72.1 Å². The van der Waals surface area contributed by atoms with Gasteiger partial charge in [-0.1, -0.05) is 20.8 Å². The number of nitro groups is 1. The first kappa shape index (κ1) is 17.7. The number of carbonyl (C=O) groups is 1. The summed E-state index contributed by atoms with van der Waals surface area (Å²) in [5.74, 6) is 0.258. The molecule has 0 fully saturated rings. The van der Waals surface area contributed by atoms with Gasteiger partial charge in [0, 0.05) is 11.3 Å². The van der Waals surface area contributed by atoms with Crippen molar-refractivity contribution in [1.29, 1.82) is 0 Å².